The van der Waals surface area contributed by atoms with Crippen molar-refractivity contribution in [1.29, 1.82) is 0 Å². The van der Waals surface area contributed by atoms with Crippen molar-refractivity contribution < 1.29 is 78.4 Å². The molecule has 11 nitrogen and oxygen atoms in total. The van der Waals surface area contributed by atoms with Gasteiger partial charge < -0.3 is 29.4 Å². The summed E-state index contributed by atoms with van der Waals surface area (Å²) in [5.41, 5.74) is 0.362. The van der Waals surface area contributed by atoms with Gasteiger partial charge in [0.05, 0.1) is 26.0 Å². The molecule has 0 aliphatic carbocycles. The molecule has 0 saturated carbocycles. The number of carbonyl (C=O) groups is 3. The zero-order valence-electron chi connectivity index (χ0n) is 24.5. The van der Waals surface area contributed by atoms with E-state index in [0.29, 0.717) is 5.41 Å². The lowest BCUT2D eigenvalue weighted by atomic mass is 9.78. The van der Waals surface area contributed by atoms with E-state index in [0.717, 1.165) is 45.2 Å². The summed E-state index contributed by atoms with van der Waals surface area (Å²) < 4.78 is 107. The van der Waals surface area contributed by atoms with E-state index in [1.165, 1.54) is 58.4 Å². The molecule has 3 aliphatic heterocycles. The van der Waals surface area contributed by atoms with Gasteiger partial charge in [0.25, 0.3) is 0 Å². The molecule has 0 atom stereocenters. The van der Waals surface area contributed by atoms with E-state index in [4.69, 9.17) is 38.9 Å². The topological polar surface area (TPSA) is 144 Å². The number of rotatable bonds is 5. The summed E-state index contributed by atoms with van der Waals surface area (Å²) in [4.78, 5) is 34.5. The van der Waals surface area contributed by atoms with Gasteiger partial charge in [-0.3, -0.25) is 9.80 Å². The molecule has 3 saturated heterocycles. The molecule has 3 N–H and O–H groups in total. The van der Waals surface area contributed by atoms with E-state index in [1.807, 2.05) is 6.07 Å². The smallest absolute Gasteiger partial charge is 0.475 e. The van der Waals surface area contributed by atoms with Crippen LogP contribution in [0.5, 0.6) is 0 Å². The van der Waals surface area contributed by atoms with Crippen LogP contribution in [0.15, 0.2) is 22.8 Å². The molecule has 0 radical (unpaired) electrons. The highest BCUT2D eigenvalue weighted by atomic mass is 19.4. The van der Waals surface area contributed by atoms with Gasteiger partial charge in [0.15, 0.2) is 0 Å². The molecule has 4 rings (SSSR count). The van der Waals surface area contributed by atoms with Gasteiger partial charge in [-0.05, 0) is 64.0 Å². The predicted octanol–water partition coefficient (Wildman–Crippen LogP) is 4.19. The Bertz CT molecular complexity index is 995. The van der Waals surface area contributed by atoms with Gasteiger partial charge in [-0.15, -0.1) is 0 Å². The van der Waals surface area contributed by atoms with Crippen molar-refractivity contribution in [3.8, 4) is 0 Å². The van der Waals surface area contributed by atoms with Crippen LogP contribution in [-0.4, -0.2) is 132 Å². The molecular formula is C26H36F9N3O8. The number of hydrogen-bond donors (Lipinski definition) is 3. The highest BCUT2D eigenvalue weighted by Crippen LogP contribution is 2.35. The fourth-order valence-electron chi connectivity index (χ4n) is 4.67. The molecule has 0 aromatic carbocycles. The molecule has 0 amide bonds. The number of likely N-dealkylation sites (tertiary alicyclic amines) is 2. The van der Waals surface area contributed by atoms with Crippen LogP contribution in [0.2, 0.25) is 0 Å². The molecule has 3 fully saturated rings. The lowest BCUT2D eigenvalue weighted by molar-refractivity contribution is -0.193. The lowest BCUT2D eigenvalue weighted by Gasteiger charge is -2.42. The maximum Gasteiger partial charge on any atom is 0.490 e. The van der Waals surface area contributed by atoms with Gasteiger partial charge in [-0.1, -0.05) is 0 Å². The van der Waals surface area contributed by atoms with Crippen LogP contribution < -0.4 is 0 Å². The Morgan fingerprint density at radius 2 is 1.17 bits per heavy atom. The van der Waals surface area contributed by atoms with Gasteiger partial charge in [0.1, 0.15) is 5.76 Å². The number of hydrogen-bond acceptors (Lipinski definition) is 8. The van der Waals surface area contributed by atoms with Crippen LogP contribution in [0.3, 0.4) is 0 Å². The number of ether oxygens (including phenoxy) is 1. The van der Waals surface area contributed by atoms with Crippen molar-refractivity contribution >= 4 is 17.9 Å². The second kappa shape index (κ2) is 18.3. The van der Waals surface area contributed by atoms with E-state index >= 15 is 0 Å². The Hall–Kier alpha value is -3.10. The monoisotopic (exact) mass is 689 g/mol. The molecule has 46 heavy (non-hydrogen) atoms. The standard InChI is InChI=1S/C20H33N3O2.3C2HF3O2/c1-2-8-21(7-1)11-12-23-13-15-24-18-20(17-23)5-9-22(10-6-20)16-19-4-3-14-25-19;3*3-2(4,5)1(6)7/h3-4,14H,1-2,5-13,15-18H2;3*(H,6,7). The molecule has 0 unspecified atom stereocenters. The van der Waals surface area contributed by atoms with Gasteiger partial charge in [0, 0.05) is 31.6 Å². The second-order valence-corrected chi connectivity index (χ2v) is 10.6. The molecule has 1 aromatic heterocycles. The number of nitrogens with zero attached hydrogens (tertiary/aromatic N) is 3. The number of piperidine rings is 1. The minimum absolute atomic E-state index is 0.362. The number of furan rings is 1. The van der Waals surface area contributed by atoms with Crippen LogP contribution >= 0.6 is 0 Å². The molecule has 1 aromatic rings. The van der Waals surface area contributed by atoms with Crippen molar-refractivity contribution in [3.63, 3.8) is 0 Å². The van der Waals surface area contributed by atoms with Crippen molar-refractivity contribution in [2.24, 2.45) is 5.41 Å². The minimum Gasteiger partial charge on any atom is -0.475 e. The SMILES string of the molecule is O=C(O)C(F)(F)F.O=C(O)C(F)(F)F.O=C(O)C(F)(F)F.c1coc(CN2CCC3(CC2)COCCN(CCN2CCCC2)C3)c1. The maximum absolute atomic E-state index is 10.6. The zero-order chi connectivity index (χ0) is 35.2. The number of carboxylic acid groups (broad SMARTS) is 3. The third kappa shape index (κ3) is 16.5. The first-order valence-corrected chi connectivity index (χ1v) is 13.8. The van der Waals surface area contributed by atoms with Crippen molar-refractivity contribution in [2.75, 3.05) is 65.6 Å². The predicted molar refractivity (Wildman–Crippen MR) is 140 cm³/mol. The third-order valence-corrected chi connectivity index (χ3v) is 7.05. The molecule has 20 heteroatoms. The van der Waals surface area contributed by atoms with Gasteiger partial charge in [-0.25, -0.2) is 14.4 Å². The van der Waals surface area contributed by atoms with E-state index in [-0.39, 0.29) is 0 Å². The first-order valence-electron chi connectivity index (χ1n) is 13.8. The largest absolute Gasteiger partial charge is 0.490 e. The summed E-state index contributed by atoms with van der Waals surface area (Å²) in [6.45, 7) is 12.5. The Morgan fingerprint density at radius 1 is 0.717 bits per heavy atom. The number of aliphatic carboxylic acids is 3. The van der Waals surface area contributed by atoms with Crippen molar-refractivity contribution in [3.05, 3.63) is 24.2 Å². The summed E-state index contributed by atoms with van der Waals surface area (Å²) in [6.07, 6.45) is -8.21. The zero-order valence-corrected chi connectivity index (χ0v) is 24.5. The highest BCUT2D eigenvalue weighted by Gasteiger charge is 2.40. The van der Waals surface area contributed by atoms with E-state index in [2.05, 4.69) is 20.8 Å². The van der Waals surface area contributed by atoms with Crippen LogP contribution in [0.1, 0.15) is 31.4 Å². The quantitative estimate of drug-likeness (QED) is 0.383. The number of alkyl halides is 9. The lowest BCUT2D eigenvalue weighted by Crippen LogP contribution is -2.48. The molecular weight excluding hydrogens is 653 g/mol. The Morgan fingerprint density at radius 3 is 1.59 bits per heavy atom. The van der Waals surface area contributed by atoms with Crippen LogP contribution in [-0.2, 0) is 25.7 Å². The third-order valence-electron chi connectivity index (χ3n) is 7.05. The van der Waals surface area contributed by atoms with Gasteiger partial charge in [-0.2, -0.15) is 39.5 Å². The number of carboxylic acids is 3. The van der Waals surface area contributed by atoms with Crippen LogP contribution in [0, 0.1) is 5.41 Å². The normalized spacial score (nSPS) is 19.4. The number of halogens is 9. The summed E-state index contributed by atoms with van der Waals surface area (Å²) in [5.74, 6) is -7.19. The minimum atomic E-state index is -5.08. The average molecular weight is 690 g/mol. The summed E-state index contributed by atoms with van der Waals surface area (Å²) >= 11 is 0. The van der Waals surface area contributed by atoms with Crippen molar-refractivity contribution in [1.82, 2.24) is 14.7 Å². The summed E-state index contributed by atoms with van der Waals surface area (Å²) in [7, 11) is 0. The van der Waals surface area contributed by atoms with Crippen LogP contribution in [0.4, 0.5) is 39.5 Å². The summed E-state index contributed by atoms with van der Waals surface area (Å²) in [6, 6.07) is 4.07. The fraction of sp³-hybridized carbons (Fsp3) is 0.731. The summed E-state index contributed by atoms with van der Waals surface area (Å²) in [5, 5.41) is 21.4. The Labute approximate surface area is 257 Å². The van der Waals surface area contributed by atoms with Gasteiger partial charge >= 0.3 is 36.4 Å². The first-order chi connectivity index (χ1) is 21.1. The maximum atomic E-state index is 10.6. The van der Waals surface area contributed by atoms with Gasteiger partial charge in [0.2, 0.25) is 0 Å². The van der Waals surface area contributed by atoms with Crippen LogP contribution in [0.25, 0.3) is 0 Å². The molecule has 0 bridgehead atoms. The first kappa shape index (κ1) is 40.9. The molecule has 266 valence electrons. The fourth-order valence-corrected chi connectivity index (χ4v) is 4.67. The van der Waals surface area contributed by atoms with E-state index in [9.17, 15) is 39.5 Å². The van der Waals surface area contributed by atoms with Crippen molar-refractivity contribution in [2.45, 2.75) is 50.8 Å². The Kier molecular flexibility index (Phi) is 16.3. The molecule has 3 aliphatic rings. The van der Waals surface area contributed by atoms with E-state index in [1.54, 1.807) is 6.26 Å². The second-order valence-electron chi connectivity index (χ2n) is 10.6. The highest BCUT2D eigenvalue weighted by molar-refractivity contribution is 5.73. The van der Waals surface area contributed by atoms with E-state index < -0.39 is 36.4 Å². The molecule has 4 heterocycles. The Balaban J connectivity index is 0.000000413. The molecule has 1 spiro atoms. The average Bonchev–Trinajstić information content (AvgIpc) is 3.62.